The Morgan fingerprint density at radius 1 is 0.861 bits per heavy atom. The van der Waals surface area contributed by atoms with Gasteiger partial charge in [0.25, 0.3) is 0 Å². The summed E-state index contributed by atoms with van der Waals surface area (Å²) in [5.41, 5.74) is 9.40. The van der Waals surface area contributed by atoms with E-state index >= 15 is 0 Å². The van der Waals surface area contributed by atoms with Crippen molar-refractivity contribution in [2.24, 2.45) is 5.41 Å². The summed E-state index contributed by atoms with van der Waals surface area (Å²) in [4.78, 5) is 11.9. The van der Waals surface area contributed by atoms with Gasteiger partial charge in [-0.15, -0.1) is 0 Å². The molecule has 0 saturated heterocycles. The molecular weight excluding hydrogens is 440 g/mol. The molecule has 3 rings (SSSR count). The zero-order chi connectivity index (χ0) is 26.7. The lowest BCUT2D eigenvalue weighted by Gasteiger charge is -2.34. The summed E-state index contributed by atoms with van der Waals surface area (Å²) >= 11 is 0. The highest BCUT2D eigenvalue weighted by atomic mass is 16.3. The lowest BCUT2D eigenvalue weighted by molar-refractivity contribution is 0.0559. The van der Waals surface area contributed by atoms with Crippen LogP contribution in [0.4, 0.5) is 0 Å². The summed E-state index contributed by atoms with van der Waals surface area (Å²) in [6.45, 7) is 16.8. The first kappa shape index (κ1) is 27.9. The van der Waals surface area contributed by atoms with Crippen LogP contribution in [-0.2, 0) is 11.8 Å². The third-order valence-corrected chi connectivity index (χ3v) is 8.15. The quantitative estimate of drug-likeness (QED) is 0.309. The average molecular weight is 485 g/mol. The number of aryl methyl sites for hydroxylation is 3. The van der Waals surface area contributed by atoms with Crippen LogP contribution in [-0.4, -0.2) is 17.0 Å². The molecule has 0 aromatic heterocycles. The topological polar surface area (TPSA) is 37.3 Å². The molecule has 2 nitrogen and oxygen atoms in total. The van der Waals surface area contributed by atoms with E-state index in [0.717, 1.165) is 36.8 Å². The standard InChI is InChI=1S/C34H44O2/c1-9-34(10-2,29-16-14-26(23(3)20-29)15-19-32(36)33(6,7)8)30-17-18-31(24(4)21-30)28-13-11-12-27(22-28)25(5)35/h11-14,16-18,20-22,32,36H,9-10,15,19H2,1-8H3. The lowest BCUT2D eigenvalue weighted by Crippen LogP contribution is -2.27. The molecule has 1 N–H and O–H groups in total. The third kappa shape index (κ3) is 5.81. The van der Waals surface area contributed by atoms with E-state index in [1.807, 2.05) is 18.2 Å². The molecule has 3 aromatic rings. The molecule has 0 bridgehead atoms. The van der Waals surface area contributed by atoms with Crippen molar-refractivity contribution in [2.75, 3.05) is 0 Å². The molecule has 0 radical (unpaired) electrons. The minimum absolute atomic E-state index is 0.0568. The Kier molecular flexibility index (Phi) is 8.62. The summed E-state index contributed by atoms with van der Waals surface area (Å²) in [5, 5.41) is 10.5. The van der Waals surface area contributed by atoms with Gasteiger partial charge in [0.2, 0.25) is 0 Å². The molecule has 1 unspecified atom stereocenters. The van der Waals surface area contributed by atoms with Crippen molar-refractivity contribution >= 4 is 5.78 Å². The Morgan fingerprint density at radius 3 is 2.00 bits per heavy atom. The summed E-state index contributed by atoms with van der Waals surface area (Å²) in [5.74, 6) is 0.0915. The van der Waals surface area contributed by atoms with Crippen LogP contribution >= 0.6 is 0 Å². The van der Waals surface area contributed by atoms with Crippen LogP contribution in [0.3, 0.4) is 0 Å². The normalized spacial score (nSPS) is 13.0. The predicted molar refractivity (Wildman–Crippen MR) is 153 cm³/mol. The van der Waals surface area contributed by atoms with Gasteiger partial charge >= 0.3 is 0 Å². The first-order valence-electron chi connectivity index (χ1n) is 13.4. The van der Waals surface area contributed by atoms with Crippen molar-refractivity contribution in [3.63, 3.8) is 0 Å². The van der Waals surface area contributed by atoms with Gasteiger partial charge in [0.05, 0.1) is 6.10 Å². The van der Waals surface area contributed by atoms with Crippen LogP contribution in [0, 0.1) is 19.3 Å². The number of aliphatic hydroxyl groups is 1. The van der Waals surface area contributed by atoms with Crippen LogP contribution in [0.5, 0.6) is 0 Å². The SMILES string of the molecule is CCC(CC)(c1ccc(CCC(O)C(C)(C)C)c(C)c1)c1ccc(-c2cccc(C(C)=O)c2)c(C)c1. The molecule has 0 aliphatic carbocycles. The summed E-state index contributed by atoms with van der Waals surface area (Å²) in [6.07, 6.45) is 3.40. The summed E-state index contributed by atoms with van der Waals surface area (Å²) in [7, 11) is 0. The van der Waals surface area contributed by atoms with E-state index in [1.54, 1.807) is 6.92 Å². The van der Waals surface area contributed by atoms with Crippen LogP contribution in [0.1, 0.15) is 99.0 Å². The van der Waals surface area contributed by atoms with E-state index in [2.05, 4.69) is 90.9 Å². The van der Waals surface area contributed by atoms with Gasteiger partial charge < -0.3 is 5.11 Å². The lowest BCUT2D eigenvalue weighted by atomic mass is 9.69. The number of hydrogen-bond donors (Lipinski definition) is 1. The Labute approximate surface area is 218 Å². The second-order valence-corrected chi connectivity index (χ2v) is 11.5. The molecule has 0 aliphatic rings. The van der Waals surface area contributed by atoms with Gasteiger partial charge in [-0.05, 0) is 96.9 Å². The smallest absolute Gasteiger partial charge is 0.159 e. The van der Waals surface area contributed by atoms with E-state index in [4.69, 9.17) is 0 Å². The Balaban J connectivity index is 1.95. The monoisotopic (exact) mass is 484 g/mol. The van der Waals surface area contributed by atoms with E-state index in [-0.39, 0.29) is 22.7 Å². The zero-order valence-corrected chi connectivity index (χ0v) is 23.5. The molecule has 192 valence electrons. The van der Waals surface area contributed by atoms with Gasteiger partial charge in [-0.3, -0.25) is 4.79 Å². The van der Waals surface area contributed by atoms with Crippen molar-refractivity contribution in [1.82, 2.24) is 0 Å². The Hall–Kier alpha value is -2.71. The molecule has 0 saturated carbocycles. The maximum atomic E-state index is 11.9. The number of Topliss-reactive ketones (excluding diaryl/α,β-unsaturated/α-hetero) is 1. The molecule has 0 amide bonds. The fraction of sp³-hybridized carbons (Fsp3) is 0.441. The predicted octanol–water partition coefficient (Wildman–Crippen LogP) is 8.62. The minimum atomic E-state index is -0.306. The average Bonchev–Trinajstić information content (AvgIpc) is 2.84. The third-order valence-electron chi connectivity index (χ3n) is 8.15. The second kappa shape index (κ2) is 11.1. The number of hydrogen-bond acceptors (Lipinski definition) is 2. The van der Waals surface area contributed by atoms with Crippen LogP contribution in [0.15, 0.2) is 60.7 Å². The molecule has 36 heavy (non-hydrogen) atoms. The first-order chi connectivity index (χ1) is 16.9. The molecule has 0 heterocycles. The fourth-order valence-electron chi connectivity index (χ4n) is 5.42. The van der Waals surface area contributed by atoms with Gasteiger partial charge in [-0.2, -0.15) is 0 Å². The largest absolute Gasteiger partial charge is 0.393 e. The number of benzene rings is 3. The number of carbonyl (C=O) groups is 1. The first-order valence-corrected chi connectivity index (χ1v) is 13.4. The van der Waals surface area contributed by atoms with Crippen molar-refractivity contribution in [1.29, 1.82) is 0 Å². The van der Waals surface area contributed by atoms with Gasteiger partial charge in [-0.25, -0.2) is 0 Å². The minimum Gasteiger partial charge on any atom is -0.393 e. The van der Waals surface area contributed by atoms with E-state index in [1.165, 1.54) is 33.4 Å². The zero-order valence-electron chi connectivity index (χ0n) is 23.5. The Morgan fingerprint density at radius 2 is 1.47 bits per heavy atom. The van der Waals surface area contributed by atoms with Gasteiger partial charge in [-0.1, -0.05) is 89.2 Å². The summed E-state index contributed by atoms with van der Waals surface area (Å²) < 4.78 is 0. The van der Waals surface area contributed by atoms with Crippen molar-refractivity contribution < 1.29 is 9.90 Å². The van der Waals surface area contributed by atoms with Crippen LogP contribution < -0.4 is 0 Å². The van der Waals surface area contributed by atoms with E-state index in [0.29, 0.717) is 0 Å². The molecule has 3 aromatic carbocycles. The van der Waals surface area contributed by atoms with Crippen molar-refractivity contribution in [3.05, 3.63) is 94.0 Å². The maximum Gasteiger partial charge on any atom is 0.159 e. The highest BCUT2D eigenvalue weighted by Crippen LogP contribution is 2.41. The number of ketones is 1. The Bertz CT molecular complexity index is 1210. The summed E-state index contributed by atoms with van der Waals surface area (Å²) in [6, 6.07) is 21.7. The van der Waals surface area contributed by atoms with Crippen molar-refractivity contribution in [2.45, 2.75) is 92.6 Å². The fourth-order valence-corrected chi connectivity index (χ4v) is 5.42. The number of aliphatic hydroxyl groups excluding tert-OH is 1. The highest BCUT2D eigenvalue weighted by Gasteiger charge is 2.31. The van der Waals surface area contributed by atoms with Gasteiger partial charge in [0.15, 0.2) is 5.78 Å². The number of carbonyl (C=O) groups excluding carboxylic acids is 1. The molecule has 0 fully saturated rings. The van der Waals surface area contributed by atoms with Crippen molar-refractivity contribution in [3.8, 4) is 11.1 Å². The van der Waals surface area contributed by atoms with Crippen LogP contribution in [0.2, 0.25) is 0 Å². The van der Waals surface area contributed by atoms with E-state index < -0.39 is 0 Å². The van der Waals surface area contributed by atoms with E-state index in [9.17, 15) is 9.90 Å². The molecule has 0 aliphatic heterocycles. The molecule has 1 atom stereocenters. The van der Waals surface area contributed by atoms with Gasteiger partial charge in [0, 0.05) is 11.0 Å². The maximum absolute atomic E-state index is 11.9. The highest BCUT2D eigenvalue weighted by molar-refractivity contribution is 5.95. The molecule has 2 heteroatoms. The second-order valence-electron chi connectivity index (χ2n) is 11.5. The molecular formula is C34H44O2. The van der Waals surface area contributed by atoms with Gasteiger partial charge in [0.1, 0.15) is 0 Å². The number of rotatable bonds is 9. The molecule has 0 spiro atoms. The van der Waals surface area contributed by atoms with Crippen LogP contribution in [0.25, 0.3) is 11.1 Å².